The fourth-order valence-electron chi connectivity index (χ4n) is 2.38. The largest absolute Gasteiger partial charge is 0.573 e. The second-order valence-electron chi connectivity index (χ2n) is 5.07. The Kier molecular flexibility index (Phi) is 3.92. The number of ether oxygens (including phenoxy) is 2. The first-order chi connectivity index (χ1) is 11.4. The highest BCUT2D eigenvalue weighted by atomic mass is 19.4. The summed E-state index contributed by atoms with van der Waals surface area (Å²) in [6.45, 7) is 0. The van der Waals surface area contributed by atoms with Gasteiger partial charge in [-0.3, -0.25) is 0 Å². The number of hydrogen-bond donors (Lipinski definition) is 1. The molecule has 0 aliphatic rings. The molecule has 0 radical (unpaired) electrons. The van der Waals surface area contributed by atoms with Crippen molar-refractivity contribution in [2.75, 3.05) is 12.8 Å². The molecule has 2 N–H and O–H groups in total. The number of methoxy groups -OCH3 is 1. The molecule has 0 atom stereocenters. The molecule has 0 amide bonds. The summed E-state index contributed by atoms with van der Waals surface area (Å²) in [6.07, 6.45) is -4.72. The van der Waals surface area contributed by atoms with Crippen LogP contribution in [-0.4, -0.2) is 18.5 Å². The molecule has 0 bridgehead atoms. The van der Waals surface area contributed by atoms with Crippen molar-refractivity contribution in [3.63, 3.8) is 0 Å². The number of alkyl halides is 3. The lowest BCUT2D eigenvalue weighted by Crippen LogP contribution is -2.16. The van der Waals surface area contributed by atoms with E-state index in [9.17, 15) is 13.2 Å². The van der Waals surface area contributed by atoms with Gasteiger partial charge in [-0.15, -0.1) is 13.2 Å². The van der Waals surface area contributed by atoms with Gasteiger partial charge < -0.3 is 15.2 Å². The van der Waals surface area contributed by atoms with Crippen molar-refractivity contribution < 1.29 is 22.6 Å². The Balaban J connectivity index is 2.02. The Bertz CT molecular complexity index is 877. The quantitative estimate of drug-likeness (QED) is 0.722. The van der Waals surface area contributed by atoms with Crippen molar-refractivity contribution in [1.29, 1.82) is 0 Å². The molecule has 1 heterocycles. The van der Waals surface area contributed by atoms with Gasteiger partial charge in [0.05, 0.1) is 12.8 Å². The first-order valence-electron chi connectivity index (χ1n) is 6.96. The lowest BCUT2D eigenvalue weighted by Gasteiger charge is -2.11. The Morgan fingerprint density at radius 2 is 1.71 bits per heavy atom. The van der Waals surface area contributed by atoms with Gasteiger partial charge in [0.1, 0.15) is 5.75 Å². The minimum absolute atomic E-state index is 0.289. The third-order valence-corrected chi connectivity index (χ3v) is 3.40. The van der Waals surface area contributed by atoms with Crippen molar-refractivity contribution in [3.8, 4) is 22.9 Å². The van der Waals surface area contributed by atoms with E-state index in [1.54, 1.807) is 24.3 Å². The maximum atomic E-state index is 12.2. The Hall–Kier alpha value is -2.96. The van der Waals surface area contributed by atoms with Crippen LogP contribution < -0.4 is 15.2 Å². The molecule has 0 saturated heterocycles. The molecule has 0 fully saturated rings. The van der Waals surface area contributed by atoms with E-state index in [1.165, 1.54) is 31.4 Å². The van der Waals surface area contributed by atoms with Crippen LogP contribution >= 0.6 is 0 Å². The van der Waals surface area contributed by atoms with Crippen molar-refractivity contribution in [2.24, 2.45) is 0 Å². The first kappa shape index (κ1) is 15.9. The predicted octanol–water partition coefficient (Wildman–Crippen LogP) is 4.39. The van der Waals surface area contributed by atoms with Crippen LogP contribution in [0.3, 0.4) is 0 Å². The highest BCUT2D eigenvalue weighted by molar-refractivity contribution is 5.92. The van der Waals surface area contributed by atoms with Crippen molar-refractivity contribution in [2.45, 2.75) is 6.36 Å². The number of rotatable bonds is 3. The molecular weight excluding hydrogens is 321 g/mol. The Morgan fingerprint density at radius 1 is 1.00 bits per heavy atom. The normalized spacial score (nSPS) is 11.5. The van der Waals surface area contributed by atoms with E-state index in [4.69, 9.17) is 10.5 Å². The fourth-order valence-corrected chi connectivity index (χ4v) is 2.38. The second-order valence-corrected chi connectivity index (χ2v) is 5.07. The molecular formula is C17H13F3N2O2. The molecule has 4 nitrogen and oxygen atoms in total. The van der Waals surface area contributed by atoms with Crippen LogP contribution in [0.1, 0.15) is 0 Å². The molecule has 3 rings (SSSR count). The average Bonchev–Trinajstić information content (AvgIpc) is 2.52. The number of hydrogen-bond acceptors (Lipinski definition) is 4. The van der Waals surface area contributed by atoms with Crippen molar-refractivity contribution in [3.05, 3.63) is 48.5 Å². The maximum Gasteiger partial charge on any atom is 0.573 e. The van der Waals surface area contributed by atoms with Gasteiger partial charge in [0, 0.05) is 16.6 Å². The molecule has 0 spiro atoms. The number of benzene rings is 2. The monoisotopic (exact) mass is 334 g/mol. The van der Waals surface area contributed by atoms with E-state index in [-0.39, 0.29) is 5.75 Å². The number of pyridine rings is 1. The van der Waals surface area contributed by atoms with Gasteiger partial charge >= 0.3 is 6.36 Å². The topological polar surface area (TPSA) is 57.4 Å². The first-order valence-corrected chi connectivity index (χ1v) is 6.96. The summed E-state index contributed by atoms with van der Waals surface area (Å²) in [5.41, 5.74) is 7.58. The van der Waals surface area contributed by atoms with Gasteiger partial charge in [0.2, 0.25) is 5.88 Å². The number of halogens is 3. The summed E-state index contributed by atoms with van der Waals surface area (Å²) in [6, 6.07) is 12.6. The molecule has 3 aromatic rings. The summed E-state index contributed by atoms with van der Waals surface area (Å²) < 4.78 is 45.8. The zero-order valence-electron chi connectivity index (χ0n) is 12.6. The van der Waals surface area contributed by atoms with E-state index in [1.807, 2.05) is 0 Å². The number of nitrogens with two attached hydrogens (primary N) is 1. The summed E-state index contributed by atoms with van der Waals surface area (Å²) in [5.74, 6) is 0.126. The fraction of sp³-hybridized carbons (Fsp3) is 0.118. The van der Waals surface area contributed by atoms with Gasteiger partial charge in [0.25, 0.3) is 0 Å². The van der Waals surface area contributed by atoms with E-state index in [0.29, 0.717) is 22.8 Å². The molecule has 0 unspecified atom stereocenters. The SMILES string of the molecule is COc1nc(-c2ccc(OC(F)(F)F)cc2)cc2cc(N)ccc12. The van der Waals surface area contributed by atoms with E-state index < -0.39 is 6.36 Å². The van der Waals surface area contributed by atoms with Crippen LogP contribution in [0.25, 0.3) is 22.0 Å². The number of aromatic nitrogens is 1. The second kappa shape index (κ2) is 5.92. The third-order valence-electron chi connectivity index (χ3n) is 3.40. The van der Waals surface area contributed by atoms with Gasteiger partial charge in [-0.2, -0.15) is 0 Å². The highest BCUT2D eigenvalue weighted by Crippen LogP contribution is 2.31. The minimum atomic E-state index is -4.72. The lowest BCUT2D eigenvalue weighted by molar-refractivity contribution is -0.274. The lowest BCUT2D eigenvalue weighted by atomic mass is 10.1. The number of nitrogen functional groups attached to an aromatic ring is 1. The van der Waals surface area contributed by atoms with Gasteiger partial charge in [-0.05, 0) is 53.9 Å². The Labute approximate surface area is 135 Å². The van der Waals surface area contributed by atoms with Crippen LogP contribution in [0.15, 0.2) is 48.5 Å². The average molecular weight is 334 g/mol. The van der Waals surface area contributed by atoms with E-state index in [2.05, 4.69) is 9.72 Å². The molecule has 24 heavy (non-hydrogen) atoms. The molecule has 124 valence electrons. The molecule has 7 heteroatoms. The maximum absolute atomic E-state index is 12.2. The molecule has 0 aliphatic heterocycles. The third kappa shape index (κ3) is 3.34. The van der Waals surface area contributed by atoms with E-state index >= 15 is 0 Å². The van der Waals surface area contributed by atoms with Gasteiger partial charge in [0.15, 0.2) is 0 Å². The highest BCUT2D eigenvalue weighted by Gasteiger charge is 2.30. The van der Waals surface area contributed by atoms with Crippen molar-refractivity contribution in [1.82, 2.24) is 4.98 Å². The summed E-state index contributed by atoms with van der Waals surface area (Å²) in [4.78, 5) is 4.40. The number of fused-ring (bicyclic) bond motifs is 1. The van der Waals surface area contributed by atoms with Crippen LogP contribution in [0, 0.1) is 0 Å². The Morgan fingerprint density at radius 3 is 2.33 bits per heavy atom. The molecule has 0 aliphatic carbocycles. The summed E-state index contributed by atoms with van der Waals surface area (Å²) in [7, 11) is 1.50. The zero-order valence-corrected chi connectivity index (χ0v) is 12.6. The van der Waals surface area contributed by atoms with Crippen LogP contribution in [0.5, 0.6) is 11.6 Å². The van der Waals surface area contributed by atoms with Crippen LogP contribution in [0.2, 0.25) is 0 Å². The number of anilines is 1. The smallest absolute Gasteiger partial charge is 0.481 e. The summed E-state index contributed by atoms with van der Waals surface area (Å²) in [5, 5.41) is 1.62. The standard InChI is InChI=1S/C17H13F3N2O2/c1-23-16-14-7-4-12(21)8-11(14)9-15(22-16)10-2-5-13(6-3-10)24-17(18,19)20/h2-9H,21H2,1H3. The summed E-state index contributed by atoms with van der Waals surface area (Å²) >= 11 is 0. The zero-order chi connectivity index (χ0) is 17.3. The number of nitrogens with zero attached hydrogens (tertiary/aromatic N) is 1. The molecule has 2 aromatic carbocycles. The molecule has 0 saturated carbocycles. The van der Waals surface area contributed by atoms with Gasteiger partial charge in [-0.25, -0.2) is 4.98 Å². The minimum Gasteiger partial charge on any atom is -0.481 e. The van der Waals surface area contributed by atoms with E-state index in [0.717, 1.165) is 10.8 Å². The van der Waals surface area contributed by atoms with Gasteiger partial charge in [-0.1, -0.05) is 0 Å². The van der Waals surface area contributed by atoms with Crippen LogP contribution in [0.4, 0.5) is 18.9 Å². The van der Waals surface area contributed by atoms with Crippen LogP contribution in [-0.2, 0) is 0 Å². The van der Waals surface area contributed by atoms with Crippen molar-refractivity contribution >= 4 is 16.5 Å². The predicted molar refractivity (Wildman–Crippen MR) is 84.8 cm³/mol. The molecule has 1 aromatic heterocycles.